The van der Waals surface area contributed by atoms with Gasteiger partial charge in [-0.1, -0.05) is 6.07 Å². The first-order chi connectivity index (χ1) is 8.17. The molecule has 0 aliphatic rings. The molecule has 0 unspecified atom stereocenters. The molecule has 0 aliphatic carbocycles. The Hall–Kier alpha value is -2.22. The maximum Gasteiger partial charge on any atom is 0.321 e. The van der Waals surface area contributed by atoms with Gasteiger partial charge in [0.05, 0.1) is 0 Å². The minimum atomic E-state index is -0.176. The van der Waals surface area contributed by atoms with Crippen molar-refractivity contribution in [2.24, 2.45) is 0 Å². The molecule has 2 amide bonds. The Labute approximate surface area is 101 Å². The summed E-state index contributed by atoms with van der Waals surface area (Å²) in [5, 5.41) is 11.1. The second-order valence-corrected chi connectivity index (χ2v) is 3.42. The van der Waals surface area contributed by atoms with Crippen LogP contribution in [0.1, 0.15) is 6.92 Å². The average molecular weight is 233 g/mol. The zero-order valence-electron chi connectivity index (χ0n) is 9.93. The molecule has 0 saturated carbocycles. The highest BCUT2D eigenvalue weighted by molar-refractivity contribution is 5.89. The van der Waals surface area contributed by atoms with Crippen LogP contribution in [0.3, 0.4) is 0 Å². The van der Waals surface area contributed by atoms with Crippen LogP contribution in [0.5, 0.6) is 5.75 Å². The summed E-state index contributed by atoms with van der Waals surface area (Å²) in [4.78, 5) is 13.1. The van der Waals surface area contributed by atoms with Gasteiger partial charge in [-0.05, 0) is 19.1 Å². The van der Waals surface area contributed by atoms with Gasteiger partial charge in [0.15, 0.2) is 6.61 Å². The van der Waals surface area contributed by atoms with E-state index in [1.807, 2.05) is 13.0 Å². The molecule has 5 heteroatoms. The summed E-state index contributed by atoms with van der Waals surface area (Å²) in [7, 11) is 1.71. The first-order valence-electron chi connectivity index (χ1n) is 5.29. The quantitative estimate of drug-likeness (QED) is 0.865. The third kappa shape index (κ3) is 4.03. The molecule has 17 heavy (non-hydrogen) atoms. The van der Waals surface area contributed by atoms with Crippen molar-refractivity contribution >= 4 is 11.7 Å². The highest BCUT2D eigenvalue weighted by Gasteiger charge is 2.06. The molecule has 1 rings (SSSR count). The topological polar surface area (TPSA) is 65.4 Å². The van der Waals surface area contributed by atoms with E-state index in [9.17, 15) is 4.79 Å². The van der Waals surface area contributed by atoms with Crippen molar-refractivity contribution in [1.29, 1.82) is 5.26 Å². The predicted octanol–water partition coefficient (Wildman–Crippen LogP) is 2.07. The molecule has 0 spiro atoms. The first kappa shape index (κ1) is 12.8. The summed E-state index contributed by atoms with van der Waals surface area (Å²) in [6, 6.07) is 8.64. The molecule has 90 valence electrons. The Morgan fingerprint density at radius 1 is 1.59 bits per heavy atom. The van der Waals surface area contributed by atoms with Gasteiger partial charge in [-0.3, -0.25) is 0 Å². The van der Waals surface area contributed by atoms with Crippen LogP contribution in [0.4, 0.5) is 10.5 Å². The first-order valence-corrected chi connectivity index (χ1v) is 5.29. The number of nitrogens with one attached hydrogen (secondary N) is 1. The molecule has 1 aromatic rings. The van der Waals surface area contributed by atoms with E-state index < -0.39 is 0 Å². The second-order valence-electron chi connectivity index (χ2n) is 3.42. The van der Waals surface area contributed by atoms with Crippen molar-refractivity contribution in [2.75, 3.05) is 25.5 Å². The van der Waals surface area contributed by atoms with E-state index in [4.69, 9.17) is 10.00 Å². The van der Waals surface area contributed by atoms with Crippen LogP contribution in [-0.4, -0.2) is 31.1 Å². The van der Waals surface area contributed by atoms with E-state index in [1.54, 1.807) is 36.2 Å². The highest BCUT2D eigenvalue weighted by Crippen LogP contribution is 2.17. The summed E-state index contributed by atoms with van der Waals surface area (Å²) in [6.07, 6.45) is 0. The normalized spacial score (nSPS) is 9.24. The van der Waals surface area contributed by atoms with Crippen LogP contribution in [0.2, 0.25) is 0 Å². The highest BCUT2D eigenvalue weighted by atomic mass is 16.5. The fourth-order valence-corrected chi connectivity index (χ4v) is 1.14. The van der Waals surface area contributed by atoms with Crippen molar-refractivity contribution in [3.63, 3.8) is 0 Å². The summed E-state index contributed by atoms with van der Waals surface area (Å²) in [5.74, 6) is 0.559. The fourth-order valence-electron chi connectivity index (χ4n) is 1.14. The van der Waals surface area contributed by atoms with Crippen molar-refractivity contribution < 1.29 is 9.53 Å². The summed E-state index contributed by atoms with van der Waals surface area (Å²) in [5.41, 5.74) is 0.644. The van der Waals surface area contributed by atoms with E-state index in [0.29, 0.717) is 18.0 Å². The molecule has 0 radical (unpaired) electrons. The number of rotatable bonds is 4. The number of urea groups is 1. The molecule has 0 aromatic heterocycles. The lowest BCUT2D eigenvalue weighted by Crippen LogP contribution is -2.30. The Morgan fingerprint density at radius 3 is 3.00 bits per heavy atom. The number of amides is 2. The number of carbonyl (C=O) groups is 1. The number of carbonyl (C=O) groups excluding carboxylic acids is 1. The SMILES string of the molecule is CCN(C)C(=O)Nc1cccc(OCC#N)c1. The van der Waals surface area contributed by atoms with Crippen LogP contribution in [-0.2, 0) is 0 Å². The monoisotopic (exact) mass is 233 g/mol. The molecule has 0 aliphatic heterocycles. The molecular formula is C12H15N3O2. The Bertz CT molecular complexity index is 426. The number of anilines is 1. The molecule has 0 heterocycles. The molecule has 5 nitrogen and oxygen atoms in total. The fraction of sp³-hybridized carbons (Fsp3) is 0.333. The zero-order chi connectivity index (χ0) is 12.7. The van der Waals surface area contributed by atoms with Crippen molar-refractivity contribution in [3.05, 3.63) is 24.3 Å². The number of hydrogen-bond donors (Lipinski definition) is 1. The minimum absolute atomic E-state index is 0.00768. The van der Waals surface area contributed by atoms with Gasteiger partial charge in [0.2, 0.25) is 0 Å². The summed E-state index contributed by atoms with van der Waals surface area (Å²) in [6.45, 7) is 2.52. The minimum Gasteiger partial charge on any atom is -0.479 e. The van der Waals surface area contributed by atoms with Gasteiger partial charge >= 0.3 is 6.03 Å². The van der Waals surface area contributed by atoms with Crippen LogP contribution < -0.4 is 10.1 Å². The lowest BCUT2D eigenvalue weighted by Gasteiger charge is -2.15. The van der Waals surface area contributed by atoms with E-state index in [1.165, 1.54) is 0 Å². The summed E-state index contributed by atoms with van der Waals surface area (Å²) >= 11 is 0. The second kappa shape index (κ2) is 6.38. The van der Waals surface area contributed by atoms with Gasteiger partial charge in [0.1, 0.15) is 11.8 Å². The van der Waals surface area contributed by atoms with Gasteiger partial charge in [0, 0.05) is 25.3 Å². The lowest BCUT2D eigenvalue weighted by atomic mass is 10.3. The van der Waals surface area contributed by atoms with Crippen LogP contribution in [0.25, 0.3) is 0 Å². The van der Waals surface area contributed by atoms with E-state index >= 15 is 0 Å². The summed E-state index contributed by atoms with van der Waals surface area (Å²) < 4.78 is 5.14. The van der Waals surface area contributed by atoms with Crippen molar-refractivity contribution in [2.45, 2.75) is 6.92 Å². The number of hydrogen-bond acceptors (Lipinski definition) is 3. The molecule has 0 fully saturated rings. The standard InChI is InChI=1S/C12H15N3O2/c1-3-15(2)12(16)14-10-5-4-6-11(9-10)17-8-7-13/h4-6,9H,3,8H2,1-2H3,(H,14,16). The molecule has 0 bridgehead atoms. The molecule has 0 saturated heterocycles. The van der Waals surface area contributed by atoms with Gasteiger partial charge < -0.3 is 15.0 Å². The van der Waals surface area contributed by atoms with Gasteiger partial charge in [-0.2, -0.15) is 5.26 Å². The third-order valence-corrected chi connectivity index (χ3v) is 2.21. The number of nitrogens with zero attached hydrogens (tertiary/aromatic N) is 2. The van der Waals surface area contributed by atoms with Crippen LogP contribution >= 0.6 is 0 Å². The van der Waals surface area contributed by atoms with E-state index in [0.717, 1.165) is 0 Å². The molecule has 1 aromatic carbocycles. The van der Waals surface area contributed by atoms with Crippen molar-refractivity contribution in [3.8, 4) is 11.8 Å². The average Bonchev–Trinajstić information content (AvgIpc) is 2.35. The van der Waals surface area contributed by atoms with E-state index in [-0.39, 0.29) is 12.6 Å². The smallest absolute Gasteiger partial charge is 0.321 e. The Kier molecular flexibility index (Phi) is 4.82. The van der Waals surface area contributed by atoms with Gasteiger partial charge in [-0.25, -0.2) is 4.79 Å². The maximum atomic E-state index is 11.6. The van der Waals surface area contributed by atoms with Crippen LogP contribution in [0, 0.1) is 11.3 Å². The number of nitriles is 1. The molecular weight excluding hydrogens is 218 g/mol. The number of ether oxygens (including phenoxy) is 1. The van der Waals surface area contributed by atoms with Crippen LogP contribution in [0.15, 0.2) is 24.3 Å². The molecule has 1 N–H and O–H groups in total. The largest absolute Gasteiger partial charge is 0.479 e. The van der Waals surface area contributed by atoms with E-state index in [2.05, 4.69) is 5.32 Å². The third-order valence-electron chi connectivity index (χ3n) is 2.21. The lowest BCUT2D eigenvalue weighted by molar-refractivity contribution is 0.224. The van der Waals surface area contributed by atoms with Gasteiger partial charge in [0.25, 0.3) is 0 Å². The zero-order valence-corrected chi connectivity index (χ0v) is 9.93. The Morgan fingerprint density at radius 2 is 2.35 bits per heavy atom. The maximum absolute atomic E-state index is 11.6. The van der Waals surface area contributed by atoms with Gasteiger partial charge in [-0.15, -0.1) is 0 Å². The van der Waals surface area contributed by atoms with Crippen molar-refractivity contribution in [1.82, 2.24) is 4.90 Å². The Balaban J connectivity index is 2.66. The molecule has 0 atom stereocenters. The number of benzene rings is 1. The predicted molar refractivity (Wildman–Crippen MR) is 64.9 cm³/mol.